The highest BCUT2D eigenvalue weighted by atomic mass is 19.1. The Kier molecular flexibility index (Phi) is 5.70. The highest BCUT2D eigenvalue weighted by Crippen LogP contribution is 2.13. The van der Waals surface area contributed by atoms with Crippen molar-refractivity contribution in [2.75, 3.05) is 39.3 Å². The molecule has 2 rings (SSSR count). The number of hydrogen-bond acceptors (Lipinski definition) is 3. The smallest absolute Gasteiger partial charge is 0.256 e. The Morgan fingerprint density at radius 1 is 1.29 bits per heavy atom. The molecule has 2 N–H and O–H groups in total. The molecule has 1 aromatic carbocycles. The summed E-state index contributed by atoms with van der Waals surface area (Å²) in [4.78, 5) is 16.5. The Hall–Kier alpha value is -1.46. The fraction of sp³-hybridized carbons (Fsp3) is 0.562. The van der Waals surface area contributed by atoms with Crippen molar-refractivity contribution in [3.8, 4) is 0 Å². The first-order valence-electron chi connectivity index (χ1n) is 7.58. The monoisotopic (exact) mass is 293 g/mol. The van der Waals surface area contributed by atoms with Gasteiger partial charge >= 0.3 is 0 Å². The summed E-state index contributed by atoms with van der Waals surface area (Å²) < 4.78 is 13.7. The summed E-state index contributed by atoms with van der Waals surface area (Å²) in [6.45, 7) is 6.88. The molecule has 0 aliphatic carbocycles. The van der Waals surface area contributed by atoms with E-state index in [1.165, 1.54) is 6.07 Å². The lowest BCUT2D eigenvalue weighted by Gasteiger charge is -2.24. The van der Waals surface area contributed by atoms with E-state index in [0.717, 1.165) is 26.1 Å². The fourth-order valence-electron chi connectivity index (χ4n) is 2.68. The molecule has 0 bridgehead atoms. The zero-order valence-electron chi connectivity index (χ0n) is 12.6. The van der Waals surface area contributed by atoms with E-state index >= 15 is 0 Å². The van der Waals surface area contributed by atoms with Crippen LogP contribution in [0.15, 0.2) is 24.3 Å². The second-order valence-electron chi connectivity index (χ2n) is 5.77. The zero-order chi connectivity index (χ0) is 15.2. The number of amides is 1. The topological polar surface area (TPSA) is 49.6 Å². The van der Waals surface area contributed by atoms with Crippen LogP contribution in [0.4, 0.5) is 4.39 Å². The molecular weight excluding hydrogens is 269 g/mol. The third-order valence-electron chi connectivity index (χ3n) is 3.95. The van der Waals surface area contributed by atoms with Gasteiger partial charge in [0.1, 0.15) is 5.82 Å². The predicted molar refractivity (Wildman–Crippen MR) is 81.6 cm³/mol. The van der Waals surface area contributed by atoms with E-state index in [0.29, 0.717) is 25.6 Å². The maximum atomic E-state index is 13.7. The second-order valence-corrected chi connectivity index (χ2v) is 5.77. The summed E-state index contributed by atoms with van der Waals surface area (Å²) in [5.74, 6) is -0.194. The average Bonchev–Trinajstić information content (AvgIpc) is 2.72. The number of benzene rings is 1. The lowest BCUT2D eigenvalue weighted by Crippen LogP contribution is -2.37. The standard InChI is InChI=1S/C16H24FN3O/c1-13(11-18)12-19-7-4-8-20(10-9-19)16(21)14-5-2-3-6-15(14)17/h2-3,5-6,13H,4,7-12,18H2,1H3. The minimum atomic E-state index is -0.444. The van der Waals surface area contributed by atoms with Gasteiger partial charge in [-0.05, 0) is 37.6 Å². The van der Waals surface area contributed by atoms with Crippen LogP contribution in [0.1, 0.15) is 23.7 Å². The Morgan fingerprint density at radius 2 is 2.05 bits per heavy atom. The Morgan fingerprint density at radius 3 is 2.76 bits per heavy atom. The number of hydrogen-bond donors (Lipinski definition) is 1. The van der Waals surface area contributed by atoms with Crippen molar-refractivity contribution in [1.29, 1.82) is 0 Å². The molecule has 0 radical (unpaired) electrons. The van der Waals surface area contributed by atoms with Gasteiger partial charge in [-0.2, -0.15) is 0 Å². The van der Waals surface area contributed by atoms with Gasteiger partial charge in [-0.25, -0.2) is 4.39 Å². The third kappa shape index (κ3) is 4.25. The number of nitrogens with zero attached hydrogens (tertiary/aromatic N) is 2. The van der Waals surface area contributed by atoms with E-state index in [4.69, 9.17) is 5.73 Å². The highest BCUT2D eigenvalue weighted by Gasteiger charge is 2.22. The molecule has 1 atom stereocenters. The molecule has 4 nitrogen and oxygen atoms in total. The van der Waals surface area contributed by atoms with Crippen LogP contribution >= 0.6 is 0 Å². The second kappa shape index (κ2) is 7.52. The molecule has 116 valence electrons. The lowest BCUT2D eigenvalue weighted by atomic mass is 10.1. The maximum absolute atomic E-state index is 13.7. The Balaban J connectivity index is 1.97. The van der Waals surface area contributed by atoms with Gasteiger partial charge in [0.15, 0.2) is 0 Å². The lowest BCUT2D eigenvalue weighted by molar-refractivity contribution is 0.0756. The summed E-state index contributed by atoms with van der Waals surface area (Å²) in [6.07, 6.45) is 0.914. The normalized spacial score (nSPS) is 18.3. The number of halogens is 1. The van der Waals surface area contributed by atoms with Crippen molar-refractivity contribution in [3.63, 3.8) is 0 Å². The fourth-order valence-corrected chi connectivity index (χ4v) is 2.68. The molecule has 1 amide bonds. The summed E-state index contributed by atoms with van der Waals surface area (Å²) in [6, 6.07) is 6.19. The molecule has 5 heteroatoms. The molecule has 0 aromatic heterocycles. The maximum Gasteiger partial charge on any atom is 0.256 e. The molecule has 21 heavy (non-hydrogen) atoms. The van der Waals surface area contributed by atoms with E-state index in [9.17, 15) is 9.18 Å². The largest absolute Gasteiger partial charge is 0.337 e. The van der Waals surface area contributed by atoms with E-state index in [-0.39, 0.29) is 11.5 Å². The summed E-state index contributed by atoms with van der Waals surface area (Å²) >= 11 is 0. The van der Waals surface area contributed by atoms with Crippen molar-refractivity contribution >= 4 is 5.91 Å². The van der Waals surface area contributed by atoms with Gasteiger partial charge in [0, 0.05) is 26.2 Å². The molecule has 1 aliphatic heterocycles. The molecule has 1 unspecified atom stereocenters. The minimum absolute atomic E-state index is 0.168. The van der Waals surface area contributed by atoms with Crippen LogP contribution in [-0.2, 0) is 0 Å². The molecule has 1 saturated heterocycles. The Bertz CT molecular complexity index is 480. The predicted octanol–water partition coefficient (Wildman–Crippen LogP) is 1.57. The van der Waals surface area contributed by atoms with E-state index in [1.54, 1.807) is 23.1 Å². The van der Waals surface area contributed by atoms with Crippen LogP contribution in [0.3, 0.4) is 0 Å². The minimum Gasteiger partial charge on any atom is -0.337 e. The molecule has 1 aliphatic rings. The SMILES string of the molecule is CC(CN)CN1CCCN(C(=O)c2ccccc2F)CC1. The number of nitrogens with two attached hydrogens (primary N) is 1. The van der Waals surface area contributed by atoms with Gasteiger partial charge < -0.3 is 15.5 Å². The first kappa shape index (κ1) is 15.9. The van der Waals surface area contributed by atoms with Gasteiger partial charge in [0.25, 0.3) is 5.91 Å². The number of carbonyl (C=O) groups excluding carboxylic acids is 1. The molecule has 0 saturated carbocycles. The summed E-state index contributed by atoms with van der Waals surface area (Å²) in [7, 11) is 0. The van der Waals surface area contributed by atoms with Crippen molar-refractivity contribution < 1.29 is 9.18 Å². The summed E-state index contributed by atoms with van der Waals surface area (Å²) in [5, 5.41) is 0. The highest BCUT2D eigenvalue weighted by molar-refractivity contribution is 5.94. The summed E-state index contributed by atoms with van der Waals surface area (Å²) in [5.41, 5.74) is 5.83. The van der Waals surface area contributed by atoms with E-state index in [1.807, 2.05) is 0 Å². The average molecular weight is 293 g/mol. The first-order valence-corrected chi connectivity index (χ1v) is 7.58. The molecule has 1 fully saturated rings. The zero-order valence-corrected chi connectivity index (χ0v) is 12.6. The quantitative estimate of drug-likeness (QED) is 0.917. The van der Waals surface area contributed by atoms with Crippen LogP contribution in [-0.4, -0.2) is 55.0 Å². The van der Waals surface area contributed by atoms with Crippen LogP contribution in [0.5, 0.6) is 0 Å². The van der Waals surface area contributed by atoms with Gasteiger partial charge in [-0.1, -0.05) is 19.1 Å². The molecule has 1 aromatic rings. The molecule has 0 spiro atoms. The Labute approximate surface area is 125 Å². The van der Waals surface area contributed by atoms with Crippen LogP contribution in [0, 0.1) is 11.7 Å². The van der Waals surface area contributed by atoms with Gasteiger partial charge in [-0.3, -0.25) is 4.79 Å². The van der Waals surface area contributed by atoms with Crippen molar-refractivity contribution in [3.05, 3.63) is 35.6 Å². The van der Waals surface area contributed by atoms with E-state index < -0.39 is 5.82 Å². The van der Waals surface area contributed by atoms with Crippen molar-refractivity contribution in [2.45, 2.75) is 13.3 Å². The first-order chi connectivity index (χ1) is 10.1. The molecule has 1 heterocycles. The van der Waals surface area contributed by atoms with Crippen LogP contribution in [0.2, 0.25) is 0 Å². The van der Waals surface area contributed by atoms with Gasteiger partial charge in [0.05, 0.1) is 5.56 Å². The van der Waals surface area contributed by atoms with Crippen molar-refractivity contribution in [2.24, 2.45) is 11.7 Å². The van der Waals surface area contributed by atoms with E-state index in [2.05, 4.69) is 11.8 Å². The molecular formula is C16H24FN3O. The van der Waals surface area contributed by atoms with Gasteiger partial charge in [-0.15, -0.1) is 0 Å². The van der Waals surface area contributed by atoms with Gasteiger partial charge in [0.2, 0.25) is 0 Å². The van der Waals surface area contributed by atoms with Crippen LogP contribution in [0.25, 0.3) is 0 Å². The number of carbonyl (C=O) groups is 1. The van der Waals surface area contributed by atoms with Crippen molar-refractivity contribution in [1.82, 2.24) is 9.80 Å². The number of rotatable bonds is 4. The van der Waals surface area contributed by atoms with Crippen LogP contribution < -0.4 is 5.73 Å². The third-order valence-corrected chi connectivity index (χ3v) is 3.95.